The van der Waals surface area contributed by atoms with Gasteiger partial charge in [0.05, 0.1) is 0 Å². The van der Waals surface area contributed by atoms with Gasteiger partial charge in [-0.05, 0) is 38.1 Å². The Labute approximate surface area is 101 Å². The van der Waals surface area contributed by atoms with Gasteiger partial charge in [0.2, 0.25) is 5.95 Å². The van der Waals surface area contributed by atoms with E-state index in [0.717, 1.165) is 13.1 Å². The zero-order valence-electron chi connectivity index (χ0n) is 10.2. The second kappa shape index (κ2) is 5.91. The van der Waals surface area contributed by atoms with Crippen LogP contribution in [0, 0.1) is 5.95 Å². The van der Waals surface area contributed by atoms with E-state index in [2.05, 4.69) is 27.3 Å². The molecule has 94 valence electrons. The van der Waals surface area contributed by atoms with Crippen LogP contribution in [0.25, 0.3) is 0 Å². The summed E-state index contributed by atoms with van der Waals surface area (Å²) >= 11 is 0. The molecule has 0 aliphatic carbocycles. The van der Waals surface area contributed by atoms with E-state index in [1.54, 1.807) is 6.07 Å². The van der Waals surface area contributed by atoms with Gasteiger partial charge in [0.15, 0.2) is 0 Å². The molecule has 5 heteroatoms. The van der Waals surface area contributed by atoms with E-state index in [1.807, 2.05) is 0 Å². The van der Waals surface area contributed by atoms with E-state index >= 15 is 0 Å². The Morgan fingerprint density at radius 1 is 1.41 bits per heavy atom. The molecular formula is C12H19FN4. The first-order chi connectivity index (χ1) is 8.29. The number of hydrogen-bond donors (Lipinski definition) is 1. The molecule has 0 saturated carbocycles. The van der Waals surface area contributed by atoms with Crippen molar-refractivity contribution in [3.63, 3.8) is 0 Å². The molecule has 0 radical (unpaired) electrons. The number of piperidine rings is 1. The molecule has 17 heavy (non-hydrogen) atoms. The summed E-state index contributed by atoms with van der Waals surface area (Å²) in [7, 11) is 0. The Morgan fingerprint density at radius 2 is 2.29 bits per heavy atom. The quantitative estimate of drug-likeness (QED) is 0.870. The fourth-order valence-electron chi connectivity index (χ4n) is 2.34. The Kier molecular flexibility index (Phi) is 4.25. The van der Waals surface area contributed by atoms with Crippen molar-refractivity contribution in [2.75, 3.05) is 25.0 Å². The van der Waals surface area contributed by atoms with E-state index < -0.39 is 5.95 Å². The largest absolute Gasteiger partial charge is 0.367 e. The zero-order chi connectivity index (χ0) is 12.1. The SMILES string of the molecule is CCN1CCCCC1CNc1ccc(F)nn1. The van der Waals surface area contributed by atoms with Crippen LogP contribution in [0.3, 0.4) is 0 Å². The molecule has 1 aromatic heterocycles. The molecule has 1 aromatic rings. The third kappa shape index (κ3) is 3.36. The zero-order valence-corrected chi connectivity index (χ0v) is 10.2. The minimum absolute atomic E-state index is 0.539. The molecular weight excluding hydrogens is 219 g/mol. The minimum atomic E-state index is -0.539. The predicted octanol–water partition coefficient (Wildman–Crippen LogP) is 1.90. The van der Waals surface area contributed by atoms with E-state index in [-0.39, 0.29) is 0 Å². The summed E-state index contributed by atoms with van der Waals surface area (Å²) in [5.74, 6) is 0.108. The van der Waals surface area contributed by atoms with Crippen LogP contribution in [0.2, 0.25) is 0 Å². The van der Waals surface area contributed by atoms with Gasteiger partial charge >= 0.3 is 0 Å². The molecule has 1 aliphatic heterocycles. The smallest absolute Gasteiger partial charge is 0.233 e. The van der Waals surface area contributed by atoms with Crippen LogP contribution in [-0.2, 0) is 0 Å². The fourth-order valence-corrected chi connectivity index (χ4v) is 2.34. The van der Waals surface area contributed by atoms with Crippen LogP contribution >= 0.6 is 0 Å². The molecule has 1 saturated heterocycles. The van der Waals surface area contributed by atoms with Crippen molar-refractivity contribution in [3.8, 4) is 0 Å². The molecule has 0 spiro atoms. The number of rotatable bonds is 4. The third-order valence-electron chi connectivity index (χ3n) is 3.31. The summed E-state index contributed by atoms with van der Waals surface area (Å²) in [6, 6.07) is 3.51. The van der Waals surface area contributed by atoms with Gasteiger partial charge in [0, 0.05) is 12.6 Å². The first-order valence-electron chi connectivity index (χ1n) is 6.26. The van der Waals surface area contributed by atoms with Gasteiger partial charge in [-0.15, -0.1) is 10.2 Å². The number of halogens is 1. The second-order valence-corrected chi connectivity index (χ2v) is 4.40. The molecule has 2 rings (SSSR count). The second-order valence-electron chi connectivity index (χ2n) is 4.40. The normalized spacial score (nSPS) is 21.4. The van der Waals surface area contributed by atoms with E-state index in [0.29, 0.717) is 11.9 Å². The summed E-state index contributed by atoms with van der Waals surface area (Å²) in [5.41, 5.74) is 0. The Morgan fingerprint density at radius 3 is 3.00 bits per heavy atom. The lowest BCUT2D eigenvalue weighted by Crippen LogP contribution is -2.43. The highest BCUT2D eigenvalue weighted by Crippen LogP contribution is 2.16. The van der Waals surface area contributed by atoms with Crippen LogP contribution < -0.4 is 5.32 Å². The summed E-state index contributed by atoms with van der Waals surface area (Å²) in [6.45, 7) is 5.31. The van der Waals surface area contributed by atoms with Crippen molar-refractivity contribution in [2.45, 2.75) is 32.2 Å². The summed E-state index contributed by atoms with van der Waals surface area (Å²) in [5, 5.41) is 10.4. The maximum absolute atomic E-state index is 12.6. The molecule has 1 atom stereocenters. The topological polar surface area (TPSA) is 41.0 Å². The van der Waals surface area contributed by atoms with Crippen LogP contribution in [-0.4, -0.2) is 40.8 Å². The van der Waals surface area contributed by atoms with Gasteiger partial charge in [0.1, 0.15) is 5.82 Å². The van der Waals surface area contributed by atoms with Crippen LogP contribution in [0.4, 0.5) is 10.2 Å². The van der Waals surface area contributed by atoms with Crippen molar-refractivity contribution >= 4 is 5.82 Å². The van der Waals surface area contributed by atoms with Crippen molar-refractivity contribution in [1.82, 2.24) is 15.1 Å². The van der Waals surface area contributed by atoms with Gasteiger partial charge in [-0.2, -0.15) is 4.39 Å². The number of nitrogens with zero attached hydrogens (tertiary/aromatic N) is 3. The average molecular weight is 238 g/mol. The van der Waals surface area contributed by atoms with E-state index in [4.69, 9.17) is 0 Å². The number of likely N-dealkylation sites (tertiary alicyclic amines) is 1. The molecule has 0 aromatic carbocycles. The van der Waals surface area contributed by atoms with Gasteiger partial charge in [0.25, 0.3) is 0 Å². The molecule has 1 fully saturated rings. The first kappa shape index (κ1) is 12.2. The minimum Gasteiger partial charge on any atom is -0.367 e. The summed E-state index contributed by atoms with van der Waals surface area (Å²) in [6.07, 6.45) is 3.80. The maximum Gasteiger partial charge on any atom is 0.233 e. The summed E-state index contributed by atoms with van der Waals surface area (Å²) in [4.78, 5) is 2.48. The van der Waals surface area contributed by atoms with Gasteiger partial charge < -0.3 is 5.32 Å². The van der Waals surface area contributed by atoms with Crippen LogP contribution in [0.15, 0.2) is 12.1 Å². The molecule has 0 amide bonds. The molecule has 2 heterocycles. The molecule has 0 bridgehead atoms. The molecule has 1 aliphatic rings. The highest BCUT2D eigenvalue weighted by molar-refractivity contribution is 5.31. The number of hydrogen-bond acceptors (Lipinski definition) is 4. The molecule has 1 unspecified atom stereocenters. The van der Waals surface area contributed by atoms with E-state index in [9.17, 15) is 4.39 Å². The van der Waals surface area contributed by atoms with Gasteiger partial charge in [-0.1, -0.05) is 13.3 Å². The number of likely N-dealkylation sites (N-methyl/N-ethyl adjacent to an activating group) is 1. The lowest BCUT2D eigenvalue weighted by molar-refractivity contribution is 0.164. The standard InChI is InChI=1S/C12H19FN4/c1-2-17-8-4-3-5-10(17)9-14-12-7-6-11(13)15-16-12/h6-7,10H,2-5,8-9H2,1H3,(H,14,16). The van der Waals surface area contributed by atoms with E-state index in [1.165, 1.54) is 31.9 Å². The number of aromatic nitrogens is 2. The number of anilines is 1. The third-order valence-corrected chi connectivity index (χ3v) is 3.31. The monoisotopic (exact) mass is 238 g/mol. The maximum atomic E-state index is 12.6. The van der Waals surface area contributed by atoms with Crippen molar-refractivity contribution in [1.29, 1.82) is 0 Å². The Balaban J connectivity index is 1.86. The molecule has 1 N–H and O–H groups in total. The highest BCUT2D eigenvalue weighted by atomic mass is 19.1. The first-order valence-corrected chi connectivity index (χ1v) is 6.26. The Hall–Kier alpha value is -1.23. The van der Waals surface area contributed by atoms with Crippen molar-refractivity contribution < 1.29 is 4.39 Å². The van der Waals surface area contributed by atoms with Gasteiger partial charge in [-0.3, -0.25) is 4.90 Å². The Bertz CT molecular complexity index is 341. The summed E-state index contributed by atoms with van der Waals surface area (Å²) < 4.78 is 12.6. The van der Waals surface area contributed by atoms with Crippen molar-refractivity contribution in [3.05, 3.63) is 18.1 Å². The predicted molar refractivity (Wildman–Crippen MR) is 65.4 cm³/mol. The average Bonchev–Trinajstić information content (AvgIpc) is 2.38. The lowest BCUT2D eigenvalue weighted by atomic mass is 10.0. The van der Waals surface area contributed by atoms with Crippen LogP contribution in [0.5, 0.6) is 0 Å². The number of nitrogens with one attached hydrogen (secondary N) is 1. The highest BCUT2D eigenvalue weighted by Gasteiger charge is 2.20. The fraction of sp³-hybridized carbons (Fsp3) is 0.667. The lowest BCUT2D eigenvalue weighted by Gasteiger charge is -2.34. The van der Waals surface area contributed by atoms with Gasteiger partial charge in [-0.25, -0.2) is 0 Å². The van der Waals surface area contributed by atoms with Crippen LogP contribution in [0.1, 0.15) is 26.2 Å². The molecule has 4 nitrogen and oxygen atoms in total. The van der Waals surface area contributed by atoms with Crippen molar-refractivity contribution in [2.24, 2.45) is 0 Å².